The number of carbonyl (C=O) groups is 2. The number of carbonyl (C=O) groups excluding carboxylic acids is 2. The van der Waals surface area contributed by atoms with Crippen LogP contribution in [0.3, 0.4) is 0 Å². The van der Waals surface area contributed by atoms with Crippen LogP contribution in [0.25, 0.3) is 0 Å². The Labute approximate surface area is 171 Å². The van der Waals surface area contributed by atoms with E-state index in [9.17, 15) is 9.59 Å². The Kier molecular flexibility index (Phi) is 6.40. The summed E-state index contributed by atoms with van der Waals surface area (Å²) in [5.74, 6) is 0.141. The van der Waals surface area contributed by atoms with Crippen LogP contribution in [0.15, 0.2) is 42.5 Å². The number of hydrogen-bond acceptors (Lipinski definition) is 7. The standard InChI is InChI=1S/C20H20N4O4S/c1-4-17-23-24-20(29-17)22-18(25)13-7-5-6-8-15(13)21-19(26)14-10-9-12(27-2)11-16(14)28-3/h5-11H,4H2,1-3H3,(H,21,26)(H,22,24,25). The second-order valence-corrected chi connectivity index (χ2v) is 6.94. The van der Waals surface area contributed by atoms with E-state index in [4.69, 9.17) is 9.47 Å². The van der Waals surface area contributed by atoms with E-state index >= 15 is 0 Å². The van der Waals surface area contributed by atoms with Gasteiger partial charge in [-0.25, -0.2) is 0 Å². The number of hydrogen-bond donors (Lipinski definition) is 2. The van der Waals surface area contributed by atoms with Crippen molar-refractivity contribution in [3.05, 3.63) is 58.6 Å². The van der Waals surface area contributed by atoms with Crippen LogP contribution in [0.5, 0.6) is 11.5 Å². The number of nitrogens with zero attached hydrogens (tertiary/aromatic N) is 2. The number of para-hydroxylation sites is 1. The van der Waals surface area contributed by atoms with E-state index in [0.29, 0.717) is 33.4 Å². The smallest absolute Gasteiger partial charge is 0.259 e. The van der Waals surface area contributed by atoms with Crippen LogP contribution in [-0.2, 0) is 6.42 Å². The summed E-state index contributed by atoms with van der Waals surface area (Å²) in [7, 11) is 3.00. The molecule has 0 radical (unpaired) electrons. The molecule has 9 heteroatoms. The minimum atomic E-state index is -0.408. The zero-order valence-electron chi connectivity index (χ0n) is 16.2. The van der Waals surface area contributed by atoms with Gasteiger partial charge in [-0.3, -0.25) is 14.9 Å². The lowest BCUT2D eigenvalue weighted by Crippen LogP contribution is -2.18. The molecule has 0 unspecified atom stereocenters. The summed E-state index contributed by atoms with van der Waals surface area (Å²) in [5, 5.41) is 14.7. The minimum absolute atomic E-state index is 0.307. The molecule has 3 aromatic rings. The summed E-state index contributed by atoms with van der Waals surface area (Å²) in [5.41, 5.74) is 0.995. The molecule has 150 valence electrons. The van der Waals surface area contributed by atoms with Gasteiger partial charge in [-0.2, -0.15) is 0 Å². The third-order valence-corrected chi connectivity index (χ3v) is 5.05. The zero-order chi connectivity index (χ0) is 20.8. The zero-order valence-corrected chi connectivity index (χ0v) is 17.0. The molecule has 0 spiro atoms. The number of ether oxygens (including phenoxy) is 2. The first-order valence-electron chi connectivity index (χ1n) is 8.81. The molecule has 0 saturated carbocycles. The summed E-state index contributed by atoms with van der Waals surface area (Å²) in [6.45, 7) is 1.96. The largest absolute Gasteiger partial charge is 0.497 e. The predicted molar refractivity (Wildman–Crippen MR) is 111 cm³/mol. The fourth-order valence-corrected chi connectivity index (χ4v) is 3.25. The van der Waals surface area contributed by atoms with Gasteiger partial charge in [-0.05, 0) is 30.7 Å². The molecular formula is C20H20N4O4S. The topological polar surface area (TPSA) is 102 Å². The molecule has 0 aliphatic rings. The van der Waals surface area contributed by atoms with Crippen LogP contribution in [0, 0.1) is 0 Å². The van der Waals surface area contributed by atoms with E-state index in [-0.39, 0.29) is 5.91 Å². The molecule has 0 fully saturated rings. The SMILES string of the molecule is CCc1nnc(NC(=O)c2ccccc2NC(=O)c2ccc(OC)cc2OC)s1. The molecular weight excluding hydrogens is 392 g/mol. The third-order valence-electron chi connectivity index (χ3n) is 4.06. The first kappa shape index (κ1) is 20.3. The molecule has 0 aliphatic heterocycles. The number of rotatable bonds is 7. The average molecular weight is 412 g/mol. The number of amides is 2. The Morgan fingerprint density at radius 2 is 1.72 bits per heavy atom. The summed E-state index contributed by atoms with van der Waals surface area (Å²) < 4.78 is 10.4. The molecule has 1 heterocycles. The average Bonchev–Trinajstić information content (AvgIpc) is 3.21. The van der Waals surface area contributed by atoms with Gasteiger partial charge < -0.3 is 14.8 Å². The predicted octanol–water partition coefficient (Wildman–Crippen LogP) is 3.62. The number of benzene rings is 2. The Morgan fingerprint density at radius 3 is 2.41 bits per heavy atom. The van der Waals surface area contributed by atoms with E-state index in [1.807, 2.05) is 6.92 Å². The van der Waals surface area contributed by atoms with Crippen molar-refractivity contribution in [1.82, 2.24) is 10.2 Å². The van der Waals surface area contributed by atoms with Gasteiger partial charge in [0.2, 0.25) is 5.13 Å². The van der Waals surface area contributed by atoms with Gasteiger partial charge in [0.25, 0.3) is 11.8 Å². The van der Waals surface area contributed by atoms with Crippen LogP contribution < -0.4 is 20.1 Å². The minimum Gasteiger partial charge on any atom is -0.497 e. The molecule has 0 atom stereocenters. The molecule has 8 nitrogen and oxygen atoms in total. The Morgan fingerprint density at radius 1 is 0.966 bits per heavy atom. The number of aryl methyl sites for hydroxylation is 1. The summed E-state index contributed by atoms with van der Waals surface area (Å²) in [6, 6.07) is 11.6. The van der Waals surface area contributed by atoms with Crippen molar-refractivity contribution in [3.63, 3.8) is 0 Å². The van der Waals surface area contributed by atoms with Crippen molar-refractivity contribution in [2.24, 2.45) is 0 Å². The number of nitrogens with one attached hydrogen (secondary N) is 2. The van der Waals surface area contributed by atoms with Crippen LogP contribution >= 0.6 is 11.3 Å². The van der Waals surface area contributed by atoms with Crippen LogP contribution in [0.2, 0.25) is 0 Å². The van der Waals surface area contributed by atoms with Crippen LogP contribution in [0.1, 0.15) is 32.6 Å². The first-order valence-corrected chi connectivity index (χ1v) is 9.63. The number of anilines is 2. The van der Waals surface area contributed by atoms with Gasteiger partial charge in [-0.15, -0.1) is 10.2 Å². The molecule has 0 saturated heterocycles. The fourth-order valence-electron chi connectivity index (χ4n) is 2.58. The lowest BCUT2D eigenvalue weighted by atomic mass is 10.1. The molecule has 3 rings (SSSR count). The van der Waals surface area contributed by atoms with Crippen molar-refractivity contribution in [3.8, 4) is 11.5 Å². The van der Waals surface area contributed by atoms with Crippen molar-refractivity contribution < 1.29 is 19.1 Å². The molecule has 0 aliphatic carbocycles. The monoisotopic (exact) mass is 412 g/mol. The second kappa shape index (κ2) is 9.16. The van der Waals surface area contributed by atoms with Gasteiger partial charge in [0, 0.05) is 6.07 Å². The molecule has 1 aromatic heterocycles. The lowest BCUT2D eigenvalue weighted by Gasteiger charge is -2.13. The molecule has 29 heavy (non-hydrogen) atoms. The highest BCUT2D eigenvalue weighted by Gasteiger charge is 2.18. The van der Waals surface area contributed by atoms with E-state index in [0.717, 1.165) is 11.4 Å². The van der Waals surface area contributed by atoms with Crippen molar-refractivity contribution in [2.75, 3.05) is 24.9 Å². The molecule has 0 bridgehead atoms. The van der Waals surface area contributed by atoms with Gasteiger partial charge in [0.1, 0.15) is 16.5 Å². The summed E-state index contributed by atoms with van der Waals surface area (Å²) in [6.07, 6.45) is 0.740. The second-order valence-electron chi connectivity index (χ2n) is 5.87. The van der Waals surface area contributed by atoms with Gasteiger partial charge >= 0.3 is 0 Å². The first-order chi connectivity index (χ1) is 14.0. The number of methoxy groups -OCH3 is 2. The Hall–Kier alpha value is -3.46. The quantitative estimate of drug-likeness (QED) is 0.614. The fraction of sp³-hybridized carbons (Fsp3) is 0.200. The maximum atomic E-state index is 12.8. The third kappa shape index (κ3) is 4.69. The molecule has 2 amide bonds. The van der Waals surface area contributed by atoms with E-state index in [1.165, 1.54) is 25.6 Å². The Bertz CT molecular complexity index is 1030. The highest BCUT2D eigenvalue weighted by Crippen LogP contribution is 2.26. The van der Waals surface area contributed by atoms with Gasteiger partial charge in [0.05, 0.1) is 31.0 Å². The van der Waals surface area contributed by atoms with Crippen molar-refractivity contribution >= 4 is 34.0 Å². The van der Waals surface area contributed by atoms with E-state index in [1.54, 1.807) is 42.5 Å². The van der Waals surface area contributed by atoms with Crippen molar-refractivity contribution in [2.45, 2.75) is 13.3 Å². The lowest BCUT2D eigenvalue weighted by molar-refractivity contribution is 0.102. The van der Waals surface area contributed by atoms with E-state index < -0.39 is 5.91 Å². The maximum Gasteiger partial charge on any atom is 0.259 e. The molecule has 2 aromatic carbocycles. The Balaban J connectivity index is 1.81. The highest BCUT2D eigenvalue weighted by atomic mass is 32.1. The van der Waals surface area contributed by atoms with Crippen LogP contribution in [-0.4, -0.2) is 36.2 Å². The highest BCUT2D eigenvalue weighted by molar-refractivity contribution is 7.15. The van der Waals surface area contributed by atoms with Gasteiger partial charge in [-0.1, -0.05) is 30.4 Å². The van der Waals surface area contributed by atoms with Crippen LogP contribution in [0.4, 0.5) is 10.8 Å². The summed E-state index contributed by atoms with van der Waals surface area (Å²) >= 11 is 1.31. The molecule has 2 N–H and O–H groups in total. The van der Waals surface area contributed by atoms with E-state index in [2.05, 4.69) is 20.8 Å². The maximum absolute atomic E-state index is 12.8. The van der Waals surface area contributed by atoms with Gasteiger partial charge in [0.15, 0.2) is 0 Å². The normalized spacial score (nSPS) is 10.3. The summed E-state index contributed by atoms with van der Waals surface area (Å²) in [4.78, 5) is 25.5. The number of aromatic nitrogens is 2. The van der Waals surface area contributed by atoms with Crippen molar-refractivity contribution in [1.29, 1.82) is 0 Å².